The van der Waals surface area contributed by atoms with Crippen LogP contribution in [0.4, 0.5) is 0 Å². The average Bonchev–Trinajstić information content (AvgIpc) is 3.21. The van der Waals surface area contributed by atoms with Crippen molar-refractivity contribution in [3.8, 4) is 11.5 Å². The van der Waals surface area contributed by atoms with Gasteiger partial charge in [-0.15, -0.1) is 0 Å². The minimum atomic E-state index is -3.69. The Bertz CT molecular complexity index is 1040. The molecule has 2 heterocycles. The number of aryl methyl sites for hydroxylation is 1. The predicted molar refractivity (Wildman–Crippen MR) is 120 cm³/mol. The fourth-order valence-electron chi connectivity index (χ4n) is 3.96. The number of piperidine rings is 1. The second-order valence-corrected chi connectivity index (χ2v) is 10.2. The van der Waals surface area contributed by atoms with Crippen LogP contribution in [0.5, 0.6) is 11.5 Å². The Hall–Kier alpha value is -2.52. The number of methoxy groups -OCH3 is 2. The van der Waals surface area contributed by atoms with E-state index in [-0.39, 0.29) is 22.8 Å². The van der Waals surface area contributed by atoms with E-state index in [1.807, 2.05) is 32.9 Å². The molecule has 1 fully saturated rings. The lowest BCUT2D eigenvalue weighted by atomic mass is 9.96. The predicted octanol–water partition coefficient (Wildman–Crippen LogP) is 3.44. The van der Waals surface area contributed by atoms with Gasteiger partial charge in [-0.05, 0) is 57.9 Å². The molecule has 1 aliphatic heterocycles. The number of sulfonamides is 1. The molecule has 0 saturated carbocycles. The van der Waals surface area contributed by atoms with Crippen molar-refractivity contribution >= 4 is 15.9 Å². The molecule has 0 radical (unpaired) electrons. The van der Waals surface area contributed by atoms with Crippen molar-refractivity contribution < 1.29 is 27.1 Å². The van der Waals surface area contributed by atoms with Gasteiger partial charge in [-0.2, -0.15) is 4.31 Å². The Morgan fingerprint density at radius 1 is 1.12 bits per heavy atom. The van der Waals surface area contributed by atoms with Gasteiger partial charge < -0.3 is 18.8 Å². The van der Waals surface area contributed by atoms with Crippen LogP contribution in [0.1, 0.15) is 38.2 Å². The first-order chi connectivity index (χ1) is 15.2. The summed E-state index contributed by atoms with van der Waals surface area (Å²) >= 11 is 0. The van der Waals surface area contributed by atoms with Crippen LogP contribution in [0, 0.1) is 12.8 Å². The number of rotatable bonds is 8. The molecule has 1 amide bonds. The summed E-state index contributed by atoms with van der Waals surface area (Å²) in [5.41, 5.74) is 0. The van der Waals surface area contributed by atoms with Crippen LogP contribution in [0.25, 0.3) is 0 Å². The summed E-state index contributed by atoms with van der Waals surface area (Å²) in [6.45, 7) is 6.82. The van der Waals surface area contributed by atoms with Gasteiger partial charge in [0.25, 0.3) is 0 Å². The molecular formula is C23H32N2O6S. The molecule has 176 valence electrons. The summed E-state index contributed by atoms with van der Waals surface area (Å²) in [6.07, 6.45) is 0.956. The lowest BCUT2D eigenvalue weighted by molar-refractivity contribution is -0.139. The van der Waals surface area contributed by atoms with Gasteiger partial charge in [0.2, 0.25) is 15.9 Å². The zero-order chi connectivity index (χ0) is 23.5. The van der Waals surface area contributed by atoms with Crippen molar-refractivity contribution in [3.63, 3.8) is 0 Å². The summed E-state index contributed by atoms with van der Waals surface area (Å²) in [4.78, 5) is 15.2. The minimum Gasteiger partial charge on any atom is -0.493 e. The molecule has 32 heavy (non-hydrogen) atoms. The van der Waals surface area contributed by atoms with Crippen molar-refractivity contribution in [2.75, 3.05) is 27.3 Å². The first kappa shape index (κ1) is 24.1. The SMILES string of the molecule is COc1ccc(S(=O)(=O)N2CCC(C(=O)N(Cc3ccc(C)o3)C(C)C)CC2)cc1OC. The van der Waals surface area contributed by atoms with Crippen molar-refractivity contribution in [1.29, 1.82) is 0 Å². The number of furan rings is 1. The molecule has 8 nitrogen and oxygen atoms in total. The zero-order valence-corrected chi connectivity index (χ0v) is 20.1. The highest BCUT2D eigenvalue weighted by Gasteiger charge is 2.35. The minimum absolute atomic E-state index is 0.0152. The number of ether oxygens (including phenoxy) is 2. The molecular weight excluding hydrogens is 432 g/mol. The fourth-order valence-corrected chi connectivity index (χ4v) is 5.44. The Morgan fingerprint density at radius 2 is 1.78 bits per heavy atom. The van der Waals surface area contributed by atoms with Crippen LogP contribution in [0.15, 0.2) is 39.6 Å². The van der Waals surface area contributed by atoms with Crippen LogP contribution >= 0.6 is 0 Å². The van der Waals surface area contributed by atoms with Crippen LogP contribution in [-0.2, 0) is 21.4 Å². The second-order valence-electron chi connectivity index (χ2n) is 8.27. The van der Waals surface area contributed by atoms with E-state index < -0.39 is 10.0 Å². The molecule has 3 rings (SSSR count). The van der Waals surface area contributed by atoms with Crippen LogP contribution in [0.3, 0.4) is 0 Å². The monoisotopic (exact) mass is 464 g/mol. The van der Waals surface area contributed by atoms with Gasteiger partial charge in [0, 0.05) is 31.1 Å². The Labute approximate surface area is 190 Å². The Balaban J connectivity index is 1.68. The smallest absolute Gasteiger partial charge is 0.243 e. The number of hydrogen-bond acceptors (Lipinski definition) is 6. The lowest BCUT2D eigenvalue weighted by Crippen LogP contribution is -2.46. The number of nitrogens with zero attached hydrogens (tertiary/aromatic N) is 2. The molecule has 0 unspecified atom stereocenters. The highest BCUT2D eigenvalue weighted by atomic mass is 32.2. The molecule has 0 aliphatic carbocycles. The standard InChI is InChI=1S/C23H32N2O6S/c1-16(2)25(15-19-7-6-17(3)31-19)23(26)18-10-12-24(13-11-18)32(27,28)20-8-9-21(29-4)22(14-20)30-5/h6-9,14,16,18H,10-13,15H2,1-5H3. The number of benzene rings is 1. The molecule has 9 heteroatoms. The van der Waals surface area contributed by atoms with Gasteiger partial charge in [0.1, 0.15) is 11.5 Å². The van der Waals surface area contributed by atoms with Gasteiger partial charge in [-0.1, -0.05) is 0 Å². The lowest BCUT2D eigenvalue weighted by Gasteiger charge is -2.35. The van der Waals surface area contributed by atoms with Gasteiger partial charge in [-0.3, -0.25) is 4.79 Å². The summed E-state index contributed by atoms with van der Waals surface area (Å²) in [5.74, 6) is 2.21. The molecule has 0 bridgehead atoms. The summed E-state index contributed by atoms with van der Waals surface area (Å²) < 4.78 is 43.8. The second kappa shape index (κ2) is 9.95. The van der Waals surface area contributed by atoms with E-state index in [2.05, 4.69) is 0 Å². The van der Waals surface area contributed by atoms with Crippen LogP contribution in [0.2, 0.25) is 0 Å². The number of carbonyl (C=O) groups excluding carboxylic acids is 1. The molecule has 1 saturated heterocycles. The topological polar surface area (TPSA) is 89.3 Å². The third-order valence-electron chi connectivity index (χ3n) is 5.82. The first-order valence-electron chi connectivity index (χ1n) is 10.7. The van der Waals surface area contributed by atoms with E-state index in [1.54, 1.807) is 11.0 Å². The number of amides is 1. The maximum Gasteiger partial charge on any atom is 0.243 e. The third-order valence-corrected chi connectivity index (χ3v) is 7.72. The molecule has 0 spiro atoms. The van der Waals surface area contributed by atoms with E-state index in [0.717, 1.165) is 11.5 Å². The highest BCUT2D eigenvalue weighted by Crippen LogP contribution is 2.32. The van der Waals surface area contributed by atoms with Crippen molar-refractivity contribution in [2.45, 2.75) is 51.1 Å². The molecule has 1 aliphatic rings. The summed E-state index contributed by atoms with van der Waals surface area (Å²) in [5, 5.41) is 0. The first-order valence-corrected chi connectivity index (χ1v) is 12.2. The summed E-state index contributed by atoms with van der Waals surface area (Å²) in [7, 11) is -0.724. The van der Waals surface area contributed by atoms with Crippen molar-refractivity contribution in [1.82, 2.24) is 9.21 Å². The Kier molecular flexibility index (Phi) is 7.51. The maximum atomic E-state index is 13.2. The van der Waals surface area contributed by atoms with Gasteiger partial charge >= 0.3 is 0 Å². The van der Waals surface area contributed by atoms with E-state index in [0.29, 0.717) is 44.0 Å². The molecule has 1 aromatic carbocycles. The van der Waals surface area contributed by atoms with E-state index in [4.69, 9.17) is 13.9 Å². The average molecular weight is 465 g/mol. The normalized spacial score (nSPS) is 15.7. The largest absolute Gasteiger partial charge is 0.493 e. The fraction of sp³-hybridized carbons (Fsp3) is 0.522. The number of hydrogen-bond donors (Lipinski definition) is 0. The quantitative estimate of drug-likeness (QED) is 0.595. The Morgan fingerprint density at radius 3 is 2.31 bits per heavy atom. The van der Waals surface area contributed by atoms with E-state index >= 15 is 0 Å². The van der Waals surface area contributed by atoms with Gasteiger partial charge in [0.15, 0.2) is 11.5 Å². The molecule has 0 atom stereocenters. The van der Waals surface area contributed by atoms with Crippen LogP contribution < -0.4 is 9.47 Å². The van der Waals surface area contributed by atoms with Gasteiger partial charge in [0.05, 0.1) is 25.7 Å². The maximum absolute atomic E-state index is 13.2. The molecule has 0 N–H and O–H groups in total. The van der Waals surface area contributed by atoms with E-state index in [1.165, 1.54) is 30.7 Å². The highest BCUT2D eigenvalue weighted by molar-refractivity contribution is 7.89. The summed E-state index contributed by atoms with van der Waals surface area (Å²) in [6, 6.07) is 8.35. The van der Waals surface area contributed by atoms with E-state index in [9.17, 15) is 13.2 Å². The third kappa shape index (κ3) is 5.10. The van der Waals surface area contributed by atoms with Gasteiger partial charge in [-0.25, -0.2) is 8.42 Å². The zero-order valence-electron chi connectivity index (χ0n) is 19.3. The number of carbonyl (C=O) groups is 1. The van der Waals surface area contributed by atoms with Crippen LogP contribution in [-0.4, -0.2) is 56.9 Å². The van der Waals surface area contributed by atoms with Crippen molar-refractivity contribution in [2.24, 2.45) is 5.92 Å². The molecule has 1 aromatic heterocycles. The van der Waals surface area contributed by atoms with Crippen molar-refractivity contribution in [3.05, 3.63) is 41.9 Å². The molecule has 2 aromatic rings.